The molecule has 4 aromatic carbocycles. The number of rotatable bonds is 0. The van der Waals surface area contributed by atoms with Gasteiger partial charge < -0.3 is 0 Å². The minimum Gasteiger partial charge on any atom is -0.0610 e. The summed E-state index contributed by atoms with van der Waals surface area (Å²) in [4.78, 5) is 0. The van der Waals surface area contributed by atoms with Gasteiger partial charge in [0, 0.05) is 0 Å². The molecular formula is C12H7. The normalized spacial score (nSPS) is 11.3. The third-order valence-electron chi connectivity index (χ3n) is 2.34. The second kappa shape index (κ2) is 1.98. The lowest BCUT2D eigenvalue weighted by atomic mass is 10.00. The zero-order valence-corrected chi connectivity index (χ0v) is 6.54. The molecule has 0 aliphatic carbocycles. The van der Waals surface area contributed by atoms with E-state index in [1.165, 1.54) is 21.5 Å². The van der Waals surface area contributed by atoms with Crippen LogP contribution in [0.1, 0.15) is 0 Å². The lowest BCUT2D eigenvalue weighted by molar-refractivity contribution is 1.76. The van der Waals surface area contributed by atoms with Gasteiger partial charge in [-0.1, -0.05) is 42.5 Å². The first-order valence-corrected chi connectivity index (χ1v) is 4.07. The van der Waals surface area contributed by atoms with Crippen LogP contribution >= 0.6 is 0 Å². The van der Waals surface area contributed by atoms with Crippen molar-refractivity contribution in [1.82, 2.24) is 0 Å². The maximum absolute atomic E-state index is 3.26. The number of benzene rings is 4. The molecule has 0 amide bonds. The van der Waals surface area contributed by atoms with Crippen LogP contribution in [0.5, 0.6) is 0 Å². The van der Waals surface area contributed by atoms with Crippen molar-refractivity contribution in [3.05, 3.63) is 48.5 Å². The summed E-state index contributed by atoms with van der Waals surface area (Å²) in [5, 5.41) is 5.15. The average molecular weight is 151 g/mol. The SMILES string of the molecule is [c]1cccc2c3ccc(cc3)c12. The molecule has 4 rings (SSSR count). The molecule has 12 heavy (non-hydrogen) atoms. The molecule has 0 aromatic heterocycles. The van der Waals surface area contributed by atoms with Crippen molar-refractivity contribution >= 4 is 21.5 Å². The maximum atomic E-state index is 3.26. The molecule has 0 saturated heterocycles. The van der Waals surface area contributed by atoms with Crippen molar-refractivity contribution in [2.75, 3.05) is 0 Å². The molecule has 0 unspecified atom stereocenters. The number of hydrogen-bond donors (Lipinski definition) is 0. The van der Waals surface area contributed by atoms with E-state index in [4.69, 9.17) is 0 Å². The second-order valence-corrected chi connectivity index (χ2v) is 3.04. The van der Waals surface area contributed by atoms with Crippen molar-refractivity contribution < 1.29 is 0 Å². The first kappa shape index (κ1) is 6.01. The summed E-state index contributed by atoms with van der Waals surface area (Å²) in [6, 6.07) is 18.0. The molecule has 0 saturated carbocycles. The van der Waals surface area contributed by atoms with Crippen LogP contribution in [0.2, 0.25) is 0 Å². The first-order chi connectivity index (χ1) is 5.95. The Bertz CT molecular complexity index is 454. The van der Waals surface area contributed by atoms with Crippen molar-refractivity contribution in [2.24, 2.45) is 0 Å². The summed E-state index contributed by atoms with van der Waals surface area (Å²) >= 11 is 0. The Morgan fingerprint density at radius 3 is 2.33 bits per heavy atom. The predicted molar refractivity (Wildman–Crippen MR) is 51.5 cm³/mol. The van der Waals surface area contributed by atoms with Crippen LogP contribution in [0.15, 0.2) is 42.5 Å². The molecule has 0 nitrogen and oxygen atoms in total. The highest BCUT2D eigenvalue weighted by Gasteiger charge is 2.00. The summed E-state index contributed by atoms with van der Waals surface area (Å²) in [7, 11) is 0. The van der Waals surface area contributed by atoms with E-state index in [1.807, 2.05) is 12.1 Å². The van der Waals surface area contributed by atoms with Gasteiger partial charge in [0.25, 0.3) is 0 Å². The molecule has 0 spiro atoms. The molecule has 0 fully saturated rings. The summed E-state index contributed by atoms with van der Waals surface area (Å²) in [5.41, 5.74) is 0. The van der Waals surface area contributed by atoms with Crippen LogP contribution in [0.25, 0.3) is 21.5 Å². The smallest absolute Gasteiger partial charge is 0.00266 e. The summed E-state index contributed by atoms with van der Waals surface area (Å²) in [5.74, 6) is 0. The first-order valence-electron chi connectivity index (χ1n) is 4.07. The number of hydrogen-bond acceptors (Lipinski definition) is 0. The Morgan fingerprint density at radius 2 is 1.58 bits per heavy atom. The van der Waals surface area contributed by atoms with E-state index >= 15 is 0 Å². The molecule has 4 aromatic rings. The molecule has 0 heterocycles. The fraction of sp³-hybridized carbons (Fsp3) is 0. The van der Waals surface area contributed by atoms with Crippen molar-refractivity contribution in [2.45, 2.75) is 0 Å². The highest BCUT2D eigenvalue weighted by Crippen LogP contribution is 2.26. The van der Waals surface area contributed by atoms with E-state index in [0.717, 1.165) is 0 Å². The van der Waals surface area contributed by atoms with Crippen molar-refractivity contribution in [3.63, 3.8) is 0 Å². The molecule has 0 heteroatoms. The fourth-order valence-corrected chi connectivity index (χ4v) is 1.73. The van der Waals surface area contributed by atoms with E-state index in [9.17, 15) is 0 Å². The second-order valence-electron chi connectivity index (χ2n) is 3.04. The van der Waals surface area contributed by atoms with Gasteiger partial charge in [-0.2, -0.15) is 0 Å². The Labute approximate surface area is 70.8 Å². The highest BCUT2D eigenvalue weighted by molar-refractivity contribution is 6.08. The predicted octanol–water partition coefficient (Wildman–Crippen LogP) is 3.23. The topological polar surface area (TPSA) is 0 Å². The Hall–Kier alpha value is -1.56. The largest absolute Gasteiger partial charge is 0.0610 e. The van der Waals surface area contributed by atoms with Gasteiger partial charge in [0.05, 0.1) is 0 Å². The van der Waals surface area contributed by atoms with E-state index in [2.05, 4.69) is 36.4 Å². The van der Waals surface area contributed by atoms with Crippen LogP contribution in [-0.2, 0) is 0 Å². The molecule has 55 valence electrons. The third kappa shape index (κ3) is 0.620. The monoisotopic (exact) mass is 151 g/mol. The van der Waals surface area contributed by atoms with Gasteiger partial charge in [0.2, 0.25) is 0 Å². The van der Waals surface area contributed by atoms with Gasteiger partial charge in [-0.3, -0.25) is 0 Å². The quantitative estimate of drug-likeness (QED) is 0.462. The van der Waals surface area contributed by atoms with E-state index < -0.39 is 0 Å². The minimum absolute atomic E-state index is 1.25. The average Bonchev–Trinajstić information content (AvgIpc) is 2.20. The van der Waals surface area contributed by atoms with Crippen LogP contribution < -0.4 is 0 Å². The summed E-state index contributed by atoms with van der Waals surface area (Å²) < 4.78 is 0. The minimum atomic E-state index is 1.25. The fourth-order valence-electron chi connectivity index (χ4n) is 1.73. The third-order valence-corrected chi connectivity index (χ3v) is 2.34. The molecule has 0 atom stereocenters. The molecule has 2 bridgehead atoms. The van der Waals surface area contributed by atoms with Crippen LogP contribution in [0.4, 0.5) is 0 Å². The maximum Gasteiger partial charge on any atom is -0.00266 e. The standard InChI is InChI=1S/C12H7/c1-2-4-12-10-7-5-9(6-8-10)11(12)3-1/h1-3,5-8H. The summed E-state index contributed by atoms with van der Waals surface area (Å²) in [6.45, 7) is 0. The van der Waals surface area contributed by atoms with Gasteiger partial charge >= 0.3 is 0 Å². The highest BCUT2D eigenvalue weighted by atomic mass is 14.0. The van der Waals surface area contributed by atoms with Crippen molar-refractivity contribution in [1.29, 1.82) is 0 Å². The van der Waals surface area contributed by atoms with E-state index in [-0.39, 0.29) is 0 Å². The molecule has 0 N–H and O–H groups in total. The van der Waals surface area contributed by atoms with Crippen LogP contribution in [0, 0.1) is 6.07 Å². The van der Waals surface area contributed by atoms with E-state index in [1.54, 1.807) is 0 Å². The Balaban J connectivity index is 2.75. The van der Waals surface area contributed by atoms with Gasteiger partial charge in [-0.15, -0.1) is 0 Å². The zero-order chi connectivity index (χ0) is 7.97. The van der Waals surface area contributed by atoms with Gasteiger partial charge in [0.15, 0.2) is 0 Å². The Morgan fingerprint density at radius 1 is 0.833 bits per heavy atom. The lowest BCUT2D eigenvalue weighted by Gasteiger charge is -2.04. The van der Waals surface area contributed by atoms with Crippen LogP contribution in [-0.4, -0.2) is 0 Å². The molecular weight excluding hydrogens is 144 g/mol. The summed E-state index contributed by atoms with van der Waals surface area (Å²) in [6.07, 6.45) is 0. The van der Waals surface area contributed by atoms with E-state index in [0.29, 0.717) is 0 Å². The van der Waals surface area contributed by atoms with Crippen molar-refractivity contribution in [3.8, 4) is 0 Å². The zero-order valence-electron chi connectivity index (χ0n) is 6.54. The Kier molecular flexibility index (Phi) is 0.991. The molecule has 0 aliphatic heterocycles. The molecule has 1 radical (unpaired) electrons. The van der Waals surface area contributed by atoms with Gasteiger partial charge in [-0.05, 0) is 27.6 Å². The number of fused-ring (bicyclic) bond motifs is 2. The van der Waals surface area contributed by atoms with Gasteiger partial charge in [0.1, 0.15) is 0 Å². The molecule has 0 aliphatic rings. The lowest BCUT2D eigenvalue weighted by Crippen LogP contribution is -1.78. The van der Waals surface area contributed by atoms with Gasteiger partial charge in [-0.25, -0.2) is 0 Å². The van der Waals surface area contributed by atoms with Crippen LogP contribution in [0.3, 0.4) is 0 Å².